The number of nitrogens with zero attached hydrogens (tertiary/aromatic N) is 3. The standard InChI is InChI=1S/C42H28N4O/c1-3-13-28(14-4-1)39-44-40(29-15-5-2-6-16-29)46-41(45-39)38-34-20-10-8-18-32(34)31-17-7-9-19-33(31)37(38)27-23-25-30(26-24-27)42-43-35-21-11-12-22-36(35)47-42/h1-26,39H,(H,44,45,46). The van der Waals surface area contributed by atoms with Gasteiger partial charge < -0.3 is 9.73 Å². The summed E-state index contributed by atoms with van der Waals surface area (Å²) in [7, 11) is 0. The molecule has 5 heteroatoms. The topological polar surface area (TPSA) is 62.8 Å². The maximum atomic E-state index is 6.10. The molecule has 7 aromatic carbocycles. The molecule has 1 atom stereocenters. The molecule has 1 N–H and O–H groups in total. The Bertz CT molecular complexity index is 2450. The Morgan fingerprint density at radius 1 is 0.489 bits per heavy atom. The Morgan fingerprint density at radius 3 is 1.77 bits per heavy atom. The molecule has 1 aromatic heterocycles. The van der Waals surface area contributed by atoms with Crippen molar-refractivity contribution in [3.05, 3.63) is 174 Å². The third-order valence-electron chi connectivity index (χ3n) is 8.78. The van der Waals surface area contributed by atoms with Gasteiger partial charge in [-0.1, -0.05) is 133 Å². The molecule has 1 aliphatic rings. The van der Waals surface area contributed by atoms with Crippen LogP contribution < -0.4 is 5.32 Å². The van der Waals surface area contributed by atoms with E-state index in [-0.39, 0.29) is 6.17 Å². The number of hydrogen-bond donors (Lipinski definition) is 1. The van der Waals surface area contributed by atoms with Crippen molar-refractivity contribution in [3.8, 4) is 22.6 Å². The van der Waals surface area contributed by atoms with Crippen LogP contribution in [0.1, 0.15) is 22.9 Å². The van der Waals surface area contributed by atoms with Crippen molar-refractivity contribution >= 4 is 44.3 Å². The van der Waals surface area contributed by atoms with E-state index in [0.29, 0.717) is 11.7 Å². The molecule has 0 amide bonds. The van der Waals surface area contributed by atoms with E-state index in [0.717, 1.165) is 61.1 Å². The highest BCUT2D eigenvalue weighted by Crippen LogP contribution is 2.41. The lowest BCUT2D eigenvalue weighted by molar-refractivity contribution is 0.620. The molecule has 1 unspecified atom stereocenters. The van der Waals surface area contributed by atoms with E-state index in [9.17, 15) is 0 Å². The summed E-state index contributed by atoms with van der Waals surface area (Å²) in [4.78, 5) is 15.3. The fourth-order valence-corrected chi connectivity index (χ4v) is 6.56. The molecule has 222 valence electrons. The summed E-state index contributed by atoms with van der Waals surface area (Å²) >= 11 is 0. The molecule has 0 radical (unpaired) electrons. The van der Waals surface area contributed by atoms with Crippen molar-refractivity contribution in [1.29, 1.82) is 0 Å². The summed E-state index contributed by atoms with van der Waals surface area (Å²) in [6.07, 6.45) is -0.307. The number of aliphatic imine (C=N–C) groups is 2. The van der Waals surface area contributed by atoms with Crippen LogP contribution in [0.5, 0.6) is 0 Å². The molecule has 0 saturated heterocycles. The summed E-state index contributed by atoms with van der Waals surface area (Å²) < 4.78 is 6.10. The molecular formula is C42H28N4O. The second-order valence-corrected chi connectivity index (χ2v) is 11.6. The molecule has 8 aromatic rings. The molecule has 9 rings (SSSR count). The van der Waals surface area contributed by atoms with Crippen molar-refractivity contribution in [2.24, 2.45) is 9.98 Å². The molecule has 0 spiro atoms. The molecule has 47 heavy (non-hydrogen) atoms. The van der Waals surface area contributed by atoms with Crippen LogP contribution in [0.4, 0.5) is 0 Å². The third kappa shape index (κ3) is 4.77. The Hall–Kier alpha value is -6.33. The first kappa shape index (κ1) is 27.0. The molecular weight excluding hydrogens is 576 g/mol. The predicted octanol–water partition coefficient (Wildman–Crippen LogP) is 9.96. The zero-order valence-electron chi connectivity index (χ0n) is 25.3. The van der Waals surface area contributed by atoms with Crippen LogP contribution in [-0.2, 0) is 0 Å². The van der Waals surface area contributed by atoms with E-state index in [2.05, 4.69) is 115 Å². The molecule has 1 aliphatic heterocycles. The predicted molar refractivity (Wildman–Crippen MR) is 192 cm³/mol. The summed E-state index contributed by atoms with van der Waals surface area (Å²) in [5, 5.41) is 8.21. The summed E-state index contributed by atoms with van der Waals surface area (Å²) in [5.74, 6) is 2.09. The Kier molecular flexibility index (Phi) is 6.46. The first-order valence-corrected chi connectivity index (χ1v) is 15.7. The average molecular weight is 605 g/mol. The van der Waals surface area contributed by atoms with Gasteiger partial charge in [0.15, 0.2) is 11.4 Å². The van der Waals surface area contributed by atoms with Crippen LogP contribution in [0.3, 0.4) is 0 Å². The number of aromatic nitrogens is 1. The van der Waals surface area contributed by atoms with Gasteiger partial charge >= 0.3 is 0 Å². The molecule has 5 nitrogen and oxygen atoms in total. The highest BCUT2D eigenvalue weighted by Gasteiger charge is 2.26. The van der Waals surface area contributed by atoms with Crippen molar-refractivity contribution in [2.75, 3.05) is 0 Å². The smallest absolute Gasteiger partial charge is 0.227 e. The van der Waals surface area contributed by atoms with Crippen LogP contribution in [0.25, 0.3) is 55.2 Å². The maximum Gasteiger partial charge on any atom is 0.227 e. The number of fused-ring (bicyclic) bond motifs is 4. The van der Waals surface area contributed by atoms with Gasteiger partial charge in [-0.15, -0.1) is 0 Å². The first-order valence-electron chi connectivity index (χ1n) is 15.7. The lowest BCUT2D eigenvalue weighted by Gasteiger charge is -2.26. The number of hydrogen-bond acceptors (Lipinski definition) is 5. The zero-order chi connectivity index (χ0) is 31.2. The molecule has 0 saturated carbocycles. The fraction of sp³-hybridized carbons (Fsp3) is 0.0238. The monoisotopic (exact) mass is 604 g/mol. The van der Waals surface area contributed by atoms with Crippen molar-refractivity contribution < 1.29 is 4.42 Å². The van der Waals surface area contributed by atoms with Crippen LogP contribution in [0.2, 0.25) is 0 Å². The van der Waals surface area contributed by atoms with Gasteiger partial charge in [0.2, 0.25) is 5.89 Å². The Labute approximate surface area is 271 Å². The fourth-order valence-electron chi connectivity index (χ4n) is 6.56. The number of amidine groups is 2. The summed E-state index contributed by atoms with van der Waals surface area (Å²) in [5.41, 5.74) is 7.78. The van der Waals surface area contributed by atoms with Gasteiger partial charge in [0, 0.05) is 22.3 Å². The normalized spacial score (nSPS) is 14.6. The van der Waals surface area contributed by atoms with Gasteiger partial charge in [-0.2, -0.15) is 0 Å². The van der Waals surface area contributed by atoms with E-state index in [1.54, 1.807) is 0 Å². The van der Waals surface area contributed by atoms with Crippen molar-refractivity contribution in [3.63, 3.8) is 0 Å². The van der Waals surface area contributed by atoms with Crippen LogP contribution in [-0.4, -0.2) is 16.7 Å². The zero-order valence-corrected chi connectivity index (χ0v) is 25.3. The Balaban J connectivity index is 1.30. The van der Waals surface area contributed by atoms with Gasteiger partial charge in [0.05, 0.1) is 0 Å². The quantitative estimate of drug-likeness (QED) is 0.199. The van der Waals surface area contributed by atoms with Gasteiger partial charge in [-0.25, -0.2) is 15.0 Å². The Morgan fingerprint density at radius 2 is 1.06 bits per heavy atom. The number of rotatable bonds is 5. The number of oxazole rings is 1. The average Bonchev–Trinajstić information content (AvgIpc) is 3.59. The van der Waals surface area contributed by atoms with Crippen molar-refractivity contribution in [2.45, 2.75) is 6.17 Å². The number of benzene rings is 7. The SMILES string of the molecule is c1ccc(C2=NC(c3c(-c4ccc(-c5nc6ccccc6o5)cc4)c4ccccc4c4ccccc34)=NC(c3ccccc3)N2)cc1. The minimum absolute atomic E-state index is 0.307. The lowest BCUT2D eigenvalue weighted by atomic mass is 9.87. The number of para-hydroxylation sites is 2. The summed E-state index contributed by atoms with van der Waals surface area (Å²) in [6.45, 7) is 0. The summed E-state index contributed by atoms with van der Waals surface area (Å²) in [6, 6.07) is 54.1. The van der Waals surface area contributed by atoms with Gasteiger partial charge in [0.1, 0.15) is 17.5 Å². The van der Waals surface area contributed by atoms with Gasteiger partial charge in [0.25, 0.3) is 0 Å². The van der Waals surface area contributed by atoms with E-state index in [1.807, 2.05) is 48.5 Å². The van der Waals surface area contributed by atoms with Crippen LogP contribution in [0, 0.1) is 0 Å². The van der Waals surface area contributed by atoms with Gasteiger partial charge in [-0.05, 0) is 56.9 Å². The van der Waals surface area contributed by atoms with Crippen molar-refractivity contribution in [1.82, 2.24) is 10.3 Å². The molecule has 0 fully saturated rings. The minimum Gasteiger partial charge on any atom is -0.436 e. The highest BCUT2D eigenvalue weighted by molar-refractivity contribution is 6.27. The molecule has 0 aliphatic carbocycles. The second kappa shape index (κ2) is 11.2. The van der Waals surface area contributed by atoms with Crippen LogP contribution in [0.15, 0.2) is 172 Å². The van der Waals surface area contributed by atoms with E-state index < -0.39 is 0 Å². The second-order valence-electron chi connectivity index (χ2n) is 11.6. The van der Waals surface area contributed by atoms with E-state index in [4.69, 9.17) is 19.4 Å². The number of nitrogens with one attached hydrogen (secondary N) is 1. The highest BCUT2D eigenvalue weighted by atomic mass is 16.3. The molecule has 2 heterocycles. The van der Waals surface area contributed by atoms with E-state index in [1.165, 1.54) is 10.8 Å². The lowest BCUT2D eigenvalue weighted by Crippen LogP contribution is -2.33. The van der Waals surface area contributed by atoms with E-state index >= 15 is 0 Å². The largest absolute Gasteiger partial charge is 0.436 e. The minimum atomic E-state index is -0.307. The maximum absolute atomic E-state index is 6.10. The first-order chi connectivity index (χ1) is 23.3. The molecule has 0 bridgehead atoms. The third-order valence-corrected chi connectivity index (χ3v) is 8.78. The van der Waals surface area contributed by atoms with Crippen LogP contribution >= 0.6 is 0 Å². The van der Waals surface area contributed by atoms with Gasteiger partial charge in [-0.3, -0.25) is 0 Å².